The van der Waals surface area contributed by atoms with Crippen molar-refractivity contribution in [3.8, 4) is 0 Å². The molecule has 5 nitrogen and oxygen atoms in total. The number of carbonyl (C=O) groups is 2. The van der Waals surface area contributed by atoms with E-state index in [1.165, 1.54) is 12.3 Å². The molecule has 9 heteroatoms. The third-order valence-electron chi connectivity index (χ3n) is 3.15. The second-order valence-corrected chi connectivity index (χ2v) is 5.88. The number of rotatable bonds is 4. The van der Waals surface area contributed by atoms with Gasteiger partial charge in [0, 0.05) is 10.6 Å². The molecular weight excluding hydrogens is 367 g/mol. The highest BCUT2D eigenvalue weighted by Gasteiger charge is 2.30. The van der Waals surface area contributed by atoms with E-state index in [0.717, 1.165) is 23.1 Å². The van der Waals surface area contributed by atoms with Gasteiger partial charge in [-0.1, -0.05) is 18.2 Å². The lowest BCUT2D eigenvalue weighted by Gasteiger charge is -2.09. The van der Waals surface area contributed by atoms with Gasteiger partial charge in [-0.25, -0.2) is 5.43 Å². The minimum Gasteiger partial charge on any atom is -0.318 e. The molecule has 0 saturated carbocycles. The Morgan fingerprint density at radius 3 is 2.38 bits per heavy atom. The van der Waals surface area contributed by atoms with Gasteiger partial charge in [-0.2, -0.15) is 18.3 Å². The fourth-order valence-electron chi connectivity index (χ4n) is 1.87. The molecule has 0 atom stereocenters. The number of nitrogens with zero attached hydrogens (tertiary/aromatic N) is 1. The van der Waals surface area contributed by atoms with Crippen molar-refractivity contribution < 1.29 is 22.8 Å². The summed E-state index contributed by atoms with van der Waals surface area (Å²) in [6.45, 7) is 0. The highest BCUT2D eigenvalue weighted by molar-refractivity contribution is 7.98. The lowest BCUT2D eigenvalue weighted by Crippen LogP contribution is -2.32. The van der Waals surface area contributed by atoms with Gasteiger partial charge in [0.1, 0.15) is 0 Å². The zero-order valence-corrected chi connectivity index (χ0v) is 14.3. The number of hydrogen-bond acceptors (Lipinski definition) is 4. The fourth-order valence-corrected chi connectivity index (χ4v) is 2.28. The van der Waals surface area contributed by atoms with E-state index in [2.05, 4.69) is 10.4 Å². The summed E-state index contributed by atoms with van der Waals surface area (Å²) < 4.78 is 37.9. The Hall–Kier alpha value is -2.81. The topological polar surface area (TPSA) is 70.6 Å². The quantitative estimate of drug-likeness (QED) is 0.369. The molecule has 136 valence electrons. The summed E-state index contributed by atoms with van der Waals surface area (Å²) in [6, 6.07) is 11.3. The van der Waals surface area contributed by atoms with E-state index in [1.54, 1.807) is 23.9 Å². The summed E-state index contributed by atoms with van der Waals surface area (Å²) in [5, 5.41) is 5.73. The van der Waals surface area contributed by atoms with E-state index in [4.69, 9.17) is 0 Å². The van der Waals surface area contributed by atoms with Gasteiger partial charge < -0.3 is 5.32 Å². The van der Waals surface area contributed by atoms with Crippen molar-refractivity contribution in [3.05, 3.63) is 59.7 Å². The Kier molecular flexibility index (Phi) is 6.40. The summed E-state index contributed by atoms with van der Waals surface area (Å²) in [5.41, 5.74) is 1.65. The predicted octanol–water partition coefficient (Wildman–Crippen LogP) is 3.52. The minimum atomic E-state index is -4.54. The monoisotopic (exact) mass is 381 g/mol. The fraction of sp³-hybridized carbons (Fsp3) is 0.118. The zero-order valence-electron chi connectivity index (χ0n) is 13.5. The Balaban J connectivity index is 1.93. The van der Waals surface area contributed by atoms with Gasteiger partial charge in [-0.05, 0) is 42.2 Å². The van der Waals surface area contributed by atoms with Crippen LogP contribution in [0.1, 0.15) is 11.1 Å². The third-order valence-corrected chi connectivity index (χ3v) is 3.89. The second-order valence-electron chi connectivity index (χ2n) is 5.00. The lowest BCUT2D eigenvalue weighted by atomic mass is 10.2. The molecule has 0 aliphatic heterocycles. The van der Waals surface area contributed by atoms with E-state index in [-0.39, 0.29) is 5.69 Å². The number of amides is 2. The molecule has 0 unspecified atom stereocenters. The van der Waals surface area contributed by atoms with E-state index in [1.807, 2.05) is 23.8 Å². The van der Waals surface area contributed by atoms with Crippen molar-refractivity contribution in [1.29, 1.82) is 0 Å². The van der Waals surface area contributed by atoms with Gasteiger partial charge in [0.2, 0.25) is 0 Å². The summed E-state index contributed by atoms with van der Waals surface area (Å²) in [5.74, 6) is -2.22. The molecule has 0 aromatic heterocycles. The van der Waals surface area contributed by atoms with Crippen LogP contribution in [-0.4, -0.2) is 24.3 Å². The summed E-state index contributed by atoms with van der Waals surface area (Å²) in [4.78, 5) is 24.4. The largest absolute Gasteiger partial charge is 0.416 e. The first kappa shape index (κ1) is 19.5. The molecule has 2 aromatic carbocycles. The minimum absolute atomic E-state index is 0.142. The first-order valence-electron chi connectivity index (χ1n) is 7.25. The number of hydrogen-bond donors (Lipinski definition) is 2. The molecule has 2 N–H and O–H groups in total. The van der Waals surface area contributed by atoms with Crippen LogP contribution in [0.25, 0.3) is 0 Å². The normalized spacial score (nSPS) is 11.4. The van der Waals surface area contributed by atoms with Gasteiger partial charge in [-0.15, -0.1) is 11.8 Å². The molecule has 0 heterocycles. The highest BCUT2D eigenvalue weighted by atomic mass is 32.2. The van der Waals surface area contributed by atoms with Crippen LogP contribution in [0.15, 0.2) is 58.5 Å². The van der Waals surface area contributed by atoms with Crippen LogP contribution in [0.2, 0.25) is 0 Å². The maximum atomic E-state index is 12.6. The maximum Gasteiger partial charge on any atom is 0.416 e. The van der Waals surface area contributed by atoms with Crippen LogP contribution in [0.5, 0.6) is 0 Å². The van der Waals surface area contributed by atoms with Crippen LogP contribution >= 0.6 is 11.8 Å². The average molecular weight is 381 g/mol. The van der Waals surface area contributed by atoms with Gasteiger partial charge in [0.15, 0.2) is 0 Å². The Morgan fingerprint density at radius 1 is 1.08 bits per heavy atom. The molecule has 0 bridgehead atoms. The van der Waals surface area contributed by atoms with E-state index < -0.39 is 23.6 Å². The predicted molar refractivity (Wildman–Crippen MR) is 94.0 cm³/mol. The molecule has 0 aliphatic rings. The number of benzene rings is 2. The Labute approximate surface area is 151 Å². The number of thioether (sulfide) groups is 1. The van der Waals surface area contributed by atoms with E-state index in [0.29, 0.717) is 5.56 Å². The molecule has 2 rings (SSSR count). The van der Waals surface area contributed by atoms with Gasteiger partial charge >= 0.3 is 18.0 Å². The molecule has 0 radical (unpaired) electrons. The van der Waals surface area contributed by atoms with Crippen LogP contribution in [-0.2, 0) is 15.8 Å². The first-order chi connectivity index (χ1) is 12.3. The van der Waals surface area contributed by atoms with E-state index in [9.17, 15) is 22.8 Å². The van der Waals surface area contributed by atoms with Crippen LogP contribution < -0.4 is 10.7 Å². The number of alkyl halides is 3. The van der Waals surface area contributed by atoms with Crippen molar-refractivity contribution in [3.63, 3.8) is 0 Å². The average Bonchev–Trinajstić information content (AvgIpc) is 2.61. The van der Waals surface area contributed by atoms with Crippen LogP contribution in [0.3, 0.4) is 0 Å². The smallest absolute Gasteiger partial charge is 0.318 e. The number of halogens is 3. The van der Waals surface area contributed by atoms with Crippen LogP contribution in [0, 0.1) is 0 Å². The third kappa shape index (κ3) is 5.62. The molecule has 2 amide bonds. The van der Waals surface area contributed by atoms with Gasteiger partial charge in [-0.3, -0.25) is 9.59 Å². The van der Waals surface area contributed by atoms with Crippen molar-refractivity contribution in [2.24, 2.45) is 5.10 Å². The Bertz CT molecular complexity index is 821. The second kappa shape index (κ2) is 8.52. The molecule has 2 aromatic rings. The highest BCUT2D eigenvalue weighted by Crippen LogP contribution is 2.30. The van der Waals surface area contributed by atoms with Crippen LogP contribution in [0.4, 0.5) is 18.9 Å². The van der Waals surface area contributed by atoms with Gasteiger partial charge in [0.25, 0.3) is 0 Å². The van der Waals surface area contributed by atoms with Crippen molar-refractivity contribution in [2.75, 3.05) is 11.6 Å². The molecule has 0 fully saturated rings. The molecule has 0 aliphatic carbocycles. The summed E-state index contributed by atoms with van der Waals surface area (Å²) in [6.07, 6.45) is -1.26. The number of nitrogens with one attached hydrogen (secondary N) is 2. The summed E-state index contributed by atoms with van der Waals surface area (Å²) >= 11 is 1.58. The SMILES string of the molecule is CSc1ccc(C=NNC(=O)C(=O)Nc2cccc(C(F)(F)F)c2)cc1. The number of hydrazone groups is 1. The number of anilines is 1. The molecule has 0 saturated heterocycles. The molecule has 0 spiro atoms. The standard InChI is InChI=1S/C17H14F3N3O2S/c1-26-14-7-5-11(6-8-14)10-21-23-16(25)15(24)22-13-4-2-3-12(9-13)17(18,19)20/h2-10H,1H3,(H,22,24)(H,23,25). The maximum absolute atomic E-state index is 12.6. The van der Waals surface area contributed by atoms with Gasteiger partial charge in [0.05, 0.1) is 11.8 Å². The lowest BCUT2D eigenvalue weighted by molar-refractivity contribution is -0.137. The zero-order chi connectivity index (χ0) is 19.2. The first-order valence-corrected chi connectivity index (χ1v) is 8.48. The van der Waals surface area contributed by atoms with Crippen molar-refractivity contribution >= 4 is 35.5 Å². The van der Waals surface area contributed by atoms with E-state index >= 15 is 0 Å². The summed E-state index contributed by atoms with van der Waals surface area (Å²) in [7, 11) is 0. The number of carbonyl (C=O) groups excluding carboxylic acids is 2. The molecule has 26 heavy (non-hydrogen) atoms. The van der Waals surface area contributed by atoms with Crippen molar-refractivity contribution in [2.45, 2.75) is 11.1 Å². The molecular formula is C17H14F3N3O2S. The van der Waals surface area contributed by atoms with Crippen molar-refractivity contribution in [1.82, 2.24) is 5.43 Å². The Morgan fingerprint density at radius 2 is 1.77 bits per heavy atom.